The quantitative estimate of drug-likeness (QED) is 0.719. The Morgan fingerprint density at radius 2 is 2.21 bits per heavy atom. The second-order valence-corrected chi connectivity index (χ2v) is 6.12. The molecule has 0 aromatic carbocycles. The van der Waals surface area contributed by atoms with Crippen molar-refractivity contribution in [2.45, 2.75) is 32.2 Å². The lowest BCUT2D eigenvalue weighted by molar-refractivity contribution is -0.121. The lowest BCUT2D eigenvalue weighted by Gasteiger charge is -2.20. The SMILES string of the molecule is Cc1nnc2n1CCC2(C)C(=O)Nc1n[nH]nc1-c1ccnn1C. The molecule has 1 atom stereocenters. The van der Waals surface area contributed by atoms with Gasteiger partial charge in [-0.2, -0.15) is 15.4 Å². The van der Waals surface area contributed by atoms with E-state index in [0.29, 0.717) is 23.8 Å². The first-order valence-corrected chi connectivity index (χ1v) is 7.61. The molecule has 1 aliphatic heterocycles. The Labute approximate surface area is 137 Å². The maximum Gasteiger partial charge on any atom is 0.239 e. The number of aromatic amines is 1. The fourth-order valence-corrected chi connectivity index (χ4v) is 3.07. The highest BCUT2D eigenvalue weighted by Gasteiger charge is 2.45. The molecule has 1 aliphatic rings. The van der Waals surface area contributed by atoms with E-state index in [-0.39, 0.29) is 5.91 Å². The second-order valence-electron chi connectivity index (χ2n) is 6.12. The highest BCUT2D eigenvalue weighted by molar-refractivity contribution is 5.99. The number of carbonyl (C=O) groups excluding carboxylic acids is 1. The van der Waals surface area contributed by atoms with E-state index < -0.39 is 5.41 Å². The van der Waals surface area contributed by atoms with Gasteiger partial charge in [0.1, 0.15) is 17.1 Å². The van der Waals surface area contributed by atoms with Crippen LogP contribution in [0.1, 0.15) is 25.0 Å². The summed E-state index contributed by atoms with van der Waals surface area (Å²) >= 11 is 0. The average molecular weight is 327 g/mol. The lowest BCUT2D eigenvalue weighted by atomic mass is 9.87. The zero-order valence-electron chi connectivity index (χ0n) is 13.6. The molecule has 3 aromatic heterocycles. The van der Waals surface area contributed by atoms with E-state index in [9.17, 15) is 4.79 Å². The Hall–Kier alpha value is -3.04. The number of anilines is 1. The Balaban J connectivity index is 1.65. The van der Waals surface area contributed by atoms with E-state index in [4.69, 9.17) is 0 Å². The summed E-state index contributed by atoms with van der Waals surface area (Å²) in [6.45, 7) is 4.49. The summed E-state index contributed by atoms with van der Waals surface area (Å²) in [4.78, 5) is 12.9. The first kappa shape index (κ1) is 14.5. The minimum absolute atomic E-state index is 0.175. The third-order valence-electron chi connectivity index (χ3n) is 4.61. The zero-order valence-corrected chi connectivity index (χ0v) is 13.6. The number of aryl methyl sites for hydroxylation is 2. The molecule has 0 spiro atoms. The zero-order chi connectivity index (χ0) is 16.9. The van der Waals surface area contributed by atoms with Crippen molar-refractivity contribution < 1.29 is 4.79 Å². The molecule has 4 heterocycles. The molecule has 124 valence electrons. The minimum Gasteiger partial charge on any atom is -0.314 e. The molecule has 10 nitrogen and oxygen atoms in total. The number of H-pyrrole nitrogens is 1. The first-order chi connectivity index (χ1) is 11.5. The molecule has 0 saturated heterocycles. The fraction of sp³-hybridized carbons (Fsp3) is 0.429. The second kappa shape index (κ2) is 4.98. The van der Waals surface area contributed by atoms with Gasteiger partial charge in [0.15, 0.2) is 11.5 Å². The highest BCUT2D eigenvalue weighted by Crippen LogP contribution is 2.35. The molecular formula is C14H17N9O. The van der Waals surface area contributed by atoms with E-state index in [1.54, 1.807) is 17.9 Å². The van der Waals surface area contributed by atoms with Gasteiger partial charge in [-0.3, -0.25) is 9.48 Å². The summed E-state index contributed by atoms with van der Waals surface area (Å²) in [6, 6.07) is 1.81. The molecule has 2 N–H and O–H groups in total. The maximum absolute atomic E-state index is 12.9. The maximum atomic E-state index is 12.9. The Morgan fingerprint density at radius 3 is 2.96 bits per heavy atom. The van der Waals surface area contributed by atoms with Crippen LogP contribution >= 0.6 is 0 Å². The first-order valence-electron chi connectivity index (χ1n) is 7.61. The Bertz CT molecular complexity index is 920. The van der Waals surface area contributed by atoms with Gasteiger partial charge in [-0.25, -0.2) is 0 Å². The topological polar surface area (TPSA) is 119 Å². The Kier molecular flexibility index (Phi) is 3.02. The van der Waals surface area contributed by atoms with E-state index >= 15 is 0 Å². The lowest BCUT2D eigenvalue weighted by Crippen LogP contribution is -2.36. The largest absolute Gasteiger partial charge is 0.314 e. The summed E-state index contributed by atoms with van der Waals surface area (Å²) < 4.78 is 3.65. The highest BCUT2D eigenvalue weighted by atomic mass is 16.2. The van der Waals surface area contributed by atoms with Crippen molar-refractivity contribution in [1.82, 2.24) is 40.0 Å². The van der Waals surface area contributed by atoms with Crippen LogP contribution < -0.4 is 5.32 Å². The van der Waals surface area contributed by atoms with Gasteiger partial charge in [-0.15, -0.1) is 15.3 Å². The van der Waals surface area contributed by atoms with Gasteiger partial charge in [0.2, 0.25) is 5.91 Å². The normalized spacial score (nSPS) is 19.5. The molecule has 1 amide bonds. The monoisotopic (exact) mass is 327 g/mol. The Morgan fingerprint density at radius 1 is 1.38 bits per heavy atom. The summed E-state index contributed by atoms with van der Waals surface area (Å²) in [5, 5.41) is 26.0. The molecule has 1 unspecified atom stereocenters. The van der Waals surface area contributed by atoms with Crippen molar-refractivity contribution in [3.05, 3.63) is 23.9 Å². The van der Waals surface area contributed by atoms with Crippen LogP contribution in [0, 0.1) is 6.92 Å². The summed E-state index contributed by atoms with van der Waals surface area (Å²) in [6.07, 6.45) is 2.34. The molecule has 24 heavy (non-hydrogen) atoms. The summed E-state index contributed by atoms with van der Waals surface area (Å²) in [7, 11) is 1.80. The van der Waals surface area contributed by atoms with Crippen molar-refractivity contribution in [2.24, 2.45) is 7.05 Å². The number of hydrogen-bond acceptors (Lipinski definition) is 6. The van der Waals surface area contributed by atoms with Crippen LogP contribution in [-0.4, -0.2) is 45.9 Å². The number of amides is 1. The number of carbonyl (C=O) groups is 1. The van der Waals surface area contributed by atoms with Crippen LogP contribution in [0.25, 0.3) is 11.4 Å². The van der Waals surface area contributed by atoms with Crippen molar-refractivity contribution in [2.75, 3.05) is 5.32 Å². The smallest absolute Gasteiger partial charge is 0.239 e. The van der Waals surface area contributed by atoms with Crippen LogP contribution in [0.3, 0.4) is 0 Å². The summed E-state index contributed by atoms with van der Waals surface area (Å²) in [5.74, 6) is 1.70. The number of nitrogens with zero attached hydrogens (tertiary/aromatic N) is 7. The molecule has 0 bridgehead atoms. The molecule has 3 aromatic rings. The van der Waals surface area contributed by atoms with E-state index in [0.717, 1.165) is 18.1 Å². The van der Waals surface area contributed by atoms with Crippen molar-refractivity contribution in [1.29, 1.82) is 0 Å². The molecule has 0 fully saturated rings. The van der Waals surface area contributed by atoms with E-state index in [1.165, 1.54) is 0 Å². The van der Waals surface area contributed by atoms with Crippen LogP contribution in [0.2, 0.25) is 0 Å². The minimum atomic E-state index is -0.746. The number of fused-ring (bicyclic) bond motifs is 1. The van der Waals surface area contributed by atoms with Crippen LogP contribution in [-0.2, 0) is 23.8 Å². The van der Waals surface area contributed by atoms with Gasteiger partial charge < -0.3 is 9.88 Å². The van der Waals surface area contributed by atoms with Crippen LogP contribution in [0.15, 0.2) is 12.3 Å². The van der Waals surface area contributed by atoms with Crippen molar-refractivity contribution in [3.63, 3.8) is 0 Å². The van der Waals surface area contributed by atoms with E-state index in [2.05, 4.69) is 36.0 Å². The van der Waals surface area contributed by atoms with Gasteiger partial charge in [0.25, 0.3) is 0 Å². The predicted molar refractivity (Wildman–Crippen MR) is 83.9 cm³/mol. The summed E-state index contributed by atoms with van der Waals surface area (Å²) in [5.41, 5.74) is 0.557. The van der Waals surface area contributed by atoms with Crippen LogP contribution in [0.4, 0.5) is 5.82 Å². The van der Waals surface area contributed by atoms with Crippen molar-refractivity contribution >= 4 is 11.7 Å². The average Bonchev–Trinajstić information content (AvgIpc) is 3.29. The molecule has 0 radical (unpaired) electrons. The van der Waals surface area contributed by atoms with E-state index in [1.807, 2.05) is 24.5 Å². The predicted octanol–water partition coefficient (Wildman–Crippen LogP) is 0.405. The number of rotatable bonds is 3. The third-order valence-corrected chi connectivity index (χ3v) is 4.61. The fourth-order valence-electron chi connectivity index (χ4n) is 3.07. The standard InChI is InChI=1S/C14H17N9O/c1-8-17-20-12-14(2,5-7-23(8)12)13(24)16-11-10(18-21-19-11)9-4-6-15-22(9)3/h4,6H,5,7H2,1-3H3,(H2,16,18,19,21,24). The van der Waals surface area contributed by atoms with Crippen LogP contribution in [0.5, 0.6) is 0 Å². The third kappa shape index (κ3) is 1.95. The molecule has 4 rings (SSSR count). The van der Waals surface area contributed by atoms with Crippen molar-refractivity contribution in [3.8, 4) is 11.4 Å². The molecular weight excluding hydrogens is 310 g/mol. The number of aromatic nitrogens is 8. The number of hydrogen-bond donors (Lipinski definition) is 2. The molecule has 10 heteroatoms. The van der Waals surface area contributed by atoms with Gasteiger partial charge in [0, 0.05) is 19.8 Å². The van der Waals surface area contributed by atoms with Gasteiger partial charge in [-0.1, -0.05) is 0 Å². The molecule has 0 saturated carbocycles. The van der Waals surface area contributed by atoms with Gasteiger partial charge in [-0.05, 0) is 26.3 Å². The molecule has 0 aliphatic carbocycles. The van der Waals surface area contributed by atoms with Gasteiger partial charge in [0.05, 0.1) is 5.69 Å². The number of nitrogens with one attached hydrogen (secondary N) is 2. The van der Waals surface area contributed by atoms with Gasteiger partial charge >= 0.3 is 0 Å².